The van der Waals surface area contributed by atoms with E-state index in [0.717, 1.165) is 32.1 Å². The first-order chi connectivity index (χ1) is 11.0. The number of ether oxygens (including phenoxy) is 3. The number of esters is 1. The number of carbonyl (C=O) groups excluding carboxylic acids is 1. The standard InChI is InChI=1S/C16H30O7/c1-3-5-6-7-8-12(17)22-10-11-13(18)14(19)15(20)16(23-11)21-9-4-2/h11,13-16,18-20H,3-10H2,1-2H3/t11-,13-,14+,15-,16?/m1/s1. The summed E-state index contributed by atoms with van der Waals surface area (Å²) >= 11 is 0. The molecule has 7 heteroatoms. The Balaban J connectivity index is 2.39. The Morgan fingerprint density at radius 2 is 1.74 bits per heavy atom. The van der Waals surface area contributed by atoms with E-state index in [-0.39, 0.29) is 12.6 Å². The topological polar surface area (TPSA) is 105 Å². The van der Waals surface area contributed by atoms with Gasteiger partial charge in [-0.25, -0.2) is 0 Å². The second-order valence-electron chi connectivity index (χ2n) is 5.88. The first-order valence-corrected chi connectivity index (χ1v) is 8.48. The van der Waals surface area contributed by atoms with Crippen LogP contribution in [0.4, 0.5) is 0 Å². The van der Waals surface area contributed by atoms with Gasteiger partial charge in [0, 0.05) is 13.0 Å². The van der Waals surface area contributed by atoms with Crippen molar-refractivity contribution in [3.63, 3.8) is 0 Å². The van der Waals surface area contributed by atoms with Crippen LogP contribution in [0, 0.1) is 0 Å². The van der Waals surface area contributed by atoms with Crippen molar-refractivity contribution in [1.82, 2.24) is 0 Å². The first kappa shape index (κ1) is 20.3. The summed E-state index contributed by atoms with van der Waals surface area (Å²) in [6.07, 6.45) is -1.07. The Hall–Kier alpha value is -0.730. The minimum absolute atomic E-state index is 0.177. The van der Waals surface area contributed by atoms with Crippen LogP contribution in [0.25, 0.3) is 0 Å². The minimum Gasteiger partial charge on any atom is -0.463 e. The van der Waals surface area contributed by atoms with Crippen molar-refractivity contribution in [2.24, 2.45) is 0 Å². The molecule has 0 saturated carbocycles. The van der Waals surface area contributed by atoms with E-state index in [1.165, 1.54) is 0 Å². The number of carbonyl (C=O) groups is 1. The molecule has 3 N–H and O–H groups in total. The maximum atomic E-state index is 11.7. The number of aliphatic hydroxyl groups is 3. The fraction of sp³-hybridized carbons (Fsp3) is 0.938. The van der Waals surface area contributed by atoms with Gasteiger partial charge in [-0.1, -0.05) is 33.1 Å². The summed E-state index contributed by atoms with van der Waals surface area (Å²) in [6, 6.07) is 0. The molecule has 0 spiro atoms. The molecule has 1 heterocycles. The van der Waals surface area contributed by atoms with Crippen LogP contribution in [0.5, 0.6) is 0 Å². The summed E-state index contributed by atoms with van der Waals surface area (Å²) in [5.41, 5.74) is 0. The van der Waals surface area contributed by atoms with Crippen LogP contribution in [0.3, 0.4) is 0 Å². The molecule has 0 aliphatic carbocycles. The number of hydrogen-bond donors (Lipinski definition) is 3. The second kappa shape index (κ2) is 10.9. The fourth-order valence-corrected chi connectivity index (χ4v) is 2.37. The maximum Gasteiger partial charge on any atom is 0.305 e. The van der Waals surface area contributed by atoms with Gasteiger partial charge in [-0.3, -0.25) is 4.79 Å². The Kier molecular flexibility index (Phi) is 9.66. The number of rotatable bonds is 10. The molecule has 136 valence electrons. The Morgan fingerprint density at radius 3 is 2.39 bits per heavy atom. The van der Waals surface area contributed by atoms with Crippen LogP contribution in [0.15, 0.2) is 0 Å². The SMILES string of the molecule is CCCCCCC(=O)OC[C@H]1OC(OCCC)[C@H](O)[C@@H](O)[C@@H]1O. The molecule has 1 saturated heterocycles. The van der Waals surface area contributed by atoms with Crippen LogP contribution in [0.1, 0.15) is 52.4 Å². The van der Waals surface area contributed by atoms with Gasteiger partial charge in [0.1, 0.15) is 31.0 Å². The molecule has 0 radical (unpaired) electrons. The minimum atomic E-state index is -1.40. The quantitative estimate of drug-likeness (QED) is 0.399. The summed E-state index contributed by atoms with van der Waals surface area (Å²) in [5.74, 6) is -0.358. The highest BCUT2D eigenvalue weighted by atomic mass is 16.7. The van der Waals surface area contributed by atoms with E-state index in [0.29, 0.717) is 13.0 Å². The molecule has 23 heavy (non-hydrogen) atoms. The summed E-state index contributed by atoms with van der Waals surface area (Å²) in [4.78, 5) is 11.7. The third-order valence-corrected chi connectivity index (χ3v) is 3.80. The summed E-state index contributed by atoms with van der Waals surface area (Å²) in [6.45, 7) is 4.17. The first-order valence-electron chi connectivity index (χ1n) is 8.48. The van der Waals surface area contributed by atoms with Crippen LogP contribution in [-0.2, 0) is 19.0 Å². The monoisotopic (exact) mass is 334 g/mol. The van der Waals surface area contributed by atoms with Crippen molar-refractivity contribution in [3.05, 3.63) is 0 Å². The van der Waals surface area contributed by atoms with Gasteiger partial charge in [-0.05, 0) is 12.8 Å². The Labute approximate surface area is 137 Å². The lowest BCUT2D eigenvalue weighted by atomic mass is 9.99. The average Bonchev–Trinajstić information content (AvgIpc) is 2.55. The summed E-state index contributed by atoms with van der Waals surface area (Å²) in [7, 11) is 0. The van der Waals surface area contributed by atoms with Crippen molar-refractivity contribution < 1.29 is 34.3 Å². The molecule has 0 aromatic carbocycles. The zero-order chi connectivity index (χ0) is 17.2. The van der Waals surface area contributed by atoms with Crippen molar-refractivity contribution >= 4 is 5.97 Å². The number of aliphatic hydroxyl groups excluding tert-OH is 3. The molecule has 1 fully saturated rings. The normalized spacial score (nSPS) is 31.1. The molecule has 0 bridgehead atoms. The van der Waals surface area contributed by atoms with Gasteiger partial charge in [-0.2, -0.15) is 0 Å². The van der Waals surface area contributed by atoms with E-state index in [4.69, 9.17) is 14.2 Å². The van der Waals surface area contributed by atoms with Gasteiger partial charge >= 0.3 is 5.97 Å². The van der Waals surface area contributed by atoms with Gasteiger partial charge in [0.2, 0.25) is 0 Å². The largest absolute Gasteiger partial charge is 0.463 e. The molecule has 5 atom stereocenters. The highest BCUT2D eigenvalue weighted by molar-refractivity contribution is 5.69. The zero-order valence-electron chi connectivity index (χ0n) is 14.0. The predicted molar refractivity (Wildman–Crippen MR) is 82.6 cm³/mol. The van der Waals surface area contributed by atoms with Gasteiger partial charge in [0.15, 0.2) is 6.29 Å². The molecular formula is C16H30O7. The van der Waals surface area contributed by atoms with Crippen molar-refractivity contribution in [1.29, 1.82) is 0 Å². The highest BCUT2D eigenvalue weighted by Crippen LogP contribution is 2.22. The molecule has 0 aromatic rings. The lowest BCUT2D eigenvalue weighted by Crippen LogP contribution is -2.59. The summed E-state index contributed by atoms with van der Waals surface area (Å²) < 4.78 is 15.8. The molecule has 1 unspecified atom stereocenters. The maximum absolute atomic E-state index is 11.7. The van der Waals surface area contributed by atoms with E-state index >= 15 is 0 Å². The van der Waals surface area contributed by atoms with Crippen molar-refractivity contribution in [2.75, 3.05) is 13.2 Å². The number of unbranched alkanes of at least 4 members (excludes halogenated alkanes) is 3. The van der Waals surface area contributed by atoms with E-state index in [2.05, 4.69) is 6.92 Å². The fourth-order valence-electron chi connectivity index (χ4n) is 2.37. The van der Waals surface area contributed by atoms with Crippen LogP contribution in [0.2, 0.25) is 0 Å². The van der Waals surface area contributed by atoms with E-state index in [1.54, 1.807) is 0 Å². The van der Waals surface area contributed by atoms with Gasteiger partial charge < -0.3 is 29.5 Å². The Morgan fingerprint density at radius 1 is 1.00 bits per heavy atom. The van der Waals surface area contributed by atoms with Gasteiger partial charge in [0.05, 0.1) is 0 Å². The van der Waals surface area contributed by atoms with Crippen LogP contribution < -0.4 is 0 Å². The van der Waals surface area contributed by atoms with E-state index in [9.17, 15) is 20.1 Å². The lowest BCUT2D eigenvalue weighted by molar-refractivity contribution is -0.301. The highest BCUT2D eigenvalue weighted by Gasteiger charge is 2.44. The summed E-state index contributed by atoms with van der Waals surface area (Å²) in [5, 5.41) is 29.6. The van der Waals surface area contributed by atoms with Crippen LogP contribution >= 0.6 is 0 Å². The molecule has 1 aliphatic heterocycles. The molecule has 0 amide bonds. The molecule has 0 aromatic heterocycles. The smallest absolute Gasteiger partial charge is 0.305 e. The van der Waals surface area contributed by atoms with Crippen molar-refractivity contribution in [2.45, 2.75) is 83.1 Å². The second-order valence-corrected chi connectivity index (χ2v) is 5.88. The Bertz CT molecular complexity index is 336. The predicted octanol–water partition coefficient (Wildman–Crippen LogP) is 0.734. The third kappa shape index (κ3) is 6.73. The van der Waals surface area contributed by atoms with E-state index in [1.807, 2.05) is 6.92 Å². The van der Waals surface area contributed by atoms with E-state index < -0.39 is 30.7 Å². The third-order valence-electron chi connectivity index (χ3n) is 3.80. The molecule has 1 rings (SSSR count). The van der Waals surface area contributed by atoms with Crippen LogP contribution in [-0.4, -0.2) is 65.2 Å². The molecular weight excluding hydrogens is 304 g/mol. The molecule has 7 nitrogen and oxygen atoms in total. The van der Waals surface area contributed by atoms with Gasteiger partial charge in [-0.15, -0.1) is 0 Å². The lowest BCUT2D eigenvalue weighted by Gasteiger charge is -2.39. The zero-order valence-corrected chi connectivity index (χ0v) is 14.0. The average molecular weight is 334 g/mol. The van der Waals surface area contributed by atoms with Crippen molar-refractivity contribution in [3.8, 4) is 0 Å². The van der Waals surface area contributed by atoms with Gasteiger partial charge in [0.25, 0.3) is 0 Å². The number of hydrogen-bond acceptors (Lipinski definition) is 7. The molecule has 1 aliphatic rings.